The Morgan fingerprint density at radius 1 is 0.957 bits per heavy atom. The van der Waals surface area contributed by atoms with Gasteiger partial charge < -0.3 is 26.4 Å². The number of rotatable bonds is 20. The van der Waals surface area contributed by atoms with Crippen LogP contribution in [0.3, 0.4) is 0 Å². The fraction of sp³-hybridized carbons (Fsp3) is 0.457. The third-order valence-electron chi connectivity index (χ3n) is 7.68. The third kappa shape index (κ3) is 14.0. The minimum Gasteiger partial charge on any atom is -0.463 e. The topological polar surface area (TPSA) is 191 Å². The number of hydrogen-bond acceptors (Lipinski definition) is 8. The zero-order valence-corrected chi connectivity index (χ0v) is 27.1. The van der Waals surface area contributed by atoms with Crippen LogP contribution < -0.4 is 21.7 Å². The van der Waals surface area contributed by atoms with Crippen molar-refractivity contribution in [1.82, 2.24) is 10.6 Å². The second-order valence-electron chi connectivity index (χ2n) is 11.8. The molecule has 12 heteroatoms. The lowest BCUT2D eigenvalue weighted by atomic mass is 9.88. The van der Waals surface area contributed by atoms with Gasteiger partial charge in [-0.25, -0.2) is 4.79 Å². The number of ether oxygens (including phenoxy) is 1. The number of carbonyl (C=O) groups is 7. The highest BCUT2D eigenvalue weighted by atomic mass is 16.5. The molecule has 0 saturated carbocycles. The van der Waals surface area contributed by atoms with E-state index < -0.39 is 54.9 Å². The molecule has 0 aromatic heterocycles. The first-order valence-corrected chi connectivity index (χ1v) is 15.5. The smallest absolute Gasteiger partial charge is 0.312 e. The molecule has 0 aliphatic rings. The Hall–Kier alpha value is -4.87. The van der Waals surface area contributed by atoms with Gasteiger partial charge in [-0.2, -0.15) is 0 Å². The molecule has 2 aromatic carbocycles. The Balaban J connectivity index is 2.08. The largest absolute Gasteiger partial charge is 0.463 e. The van der Waals surface area contributed by atoms with E-state index in [9.17, 15) is 33.6 Å². The molecule has 3 atom stereocenters. The summed E-state index contributed by atoms with van der Waals surface area (Å²) in [5.74, 6) is -4.03. The Labute approximate surface area is 278 Å². The Morgan fingerprint density at radius 3 is 2.23 bits per heavy atom. The molecule has 0 fully saturated rings. The molecule has 0 aliphatic carbocycles. The van der Waals surface area contributed by atoms with Gasteiger partial charge >= 0.3 is 6.03 Å². The van der Waals surface area contributed by atoms with Crippen LogP contribution in [0.1, 0.15) is 83.5 Å². The first kappa shape index (κ1) is 35.0. The molecule has 0 radical (unpaired) electrons. The van der Waals surface area contributed by atoms with Crippen molar-refractivity contribution in [2.45, 2.75) is 78.8 Å². The number of primary amides is 1. The molecular weight excluding hydrogens is 604 g/mol. The zero-order valence-electron chi connectivity index (χ0n) is 29.1. The molecule has 2 rings (SSSR count). The van der Waals surface area contributed by atoms with Crippen LogP contribution in [0.25, 0.3) is 0 Å². The van der Waals surface area contributed by atoms with Crippen molar-refractivity contribution in [3.8, 4) is 0 Å². The Bertz CT molecular complexity index is 1460. The lowest BCUT2D eigenvalue weighted by molar-refractivity contribution is -0.131. The first-order valence-electron chi connectivity index (χ1n) is 16.7. The van der Waals surface area contributed by atoms with Crippen LogP contribution in [0.2, 0.25) is 0 Å². The minimum atomic E-state index is -1.17. The highest BCUT2D eigenvalue weighted by molar-refractivity contribution is 5.99. The van der Waals surface area contributed by atoms with Gasteiger partial charge in [0.2, 0.25) is 11.8 Å². The number of urea groups is 1. The molecule has 0 spiro atoms. The molecule has 0 bridgehead atoms. The van der Waals surface area contributed by atoms with Crippen molar-refractivity contribution in [2.75, 3.05) is 11.9 Å². The number of Topliss-reactive ketones (excluding diaryl/α,β-unsaturated/α-hetero) is 3. The van der Waals surface area contributed by atoms with E-state index in [1.165, 1.54) is 0 Å². The van der Waals surface area contributed by atoms with Gasteiger partial charge in [0.05, 0.1) is 6.04 Å². The summed E-state index contributed by atoms with van der Waals surface area (Å²) in [7, 11) is 0. The van der Waals surface area contributed by atoms with Gasteiger partial charge in [-0.15, -0.1) is 0 Å². The van der Waals surface area contributed by atoms with E-state index in [-0.39, 0.29) is 62.7 Å². The number of anilines is 1. The van der Waals surface area contributed by atoms with Crippen molar-refractivity contribution in [3.05, 3.63) is 65.2 Å². The summed E-state index contributed by atoms with van der Waals surface area (Å²) in [5, 5.41) is 7.96. The van der Waals surface area contributed by atoms with Crippen molar-refractivity contribution >= 4 is 47.3 Å². The van der Waals surface area contributed by atoms with Gasteiger partial charge in [0.15, 0.2) is 12.9 Å². The van der Waals surface area contributed by atoms with Crippen LogP contribution in [-0.4, -0.2) is 54.2 Å². The summed E-state index contributed by atoms with van der Waals surface area (Å²) in [4.78, 5) is 87.1. The number of aryl methyl sites for hydroxylation is 1. The summed E-state index contributed by atoms with van der Waals surface area (Å²) in [6, 6.07) is 11.7. The van der Waals surface area contributed by atoms with Crippen LogP contribution in [0, 0.1) is 24.7 Å². The second-order valence-corrected chi connectivity index (χ2v) is 11.8. The molecule has 0 unspecified atom stereocenters. The van der Waals surface area contributed by atoms with E-state index in [4.69, 9.17) is 8.48 Å². The predicted molar refractivity (Wildman–Crippen MR) is 176 cm³/mol. The van der Waals surface area contributed by atoms with Crippen LogP contribution >= 0.6 is 0 Å². The summed E-state index contributed by atoms with van der Waals surface area (Å²) in [6.07, 6.45) is -1.06. The van der Waals surface area contributed by atoms with E-state index in [0.29, 0.717) is 23.2 Å². The standard InChI is InChI=1S/C35H46N4O8/c1-22(2)33(39-32(44)16-13-27(24(4)41)18-30(42)26-11-7-23(3)8-12-26)31(43)19-28(6-5-17-37-35(36)46)34(45)38-29-14-9-25(10-15-29)20-47-21-40/h7-12,14-15,21-22,27-28,33H,5-6,13,16-20H2,1-4H3,(H,38,45)(H,39,44)(H3,36,37,46)/t27-,28-,33+/m1/s1/i4D,21D. The number of benzene rings is 2. The maximum Gasteiger partial charge on any atom is 0.312 e. The maximum atomic E-state index is 13.6. The van der Waals surface area contributed by atoms with Gasteiger partial charge in [0.1, 0.15) is 12.4 Å². The fourth-order valence-corrected chi connectivity index (χ4v) is 4.93. The van der Waals surface area contributed by atoms with Crippen molar-refractivity contribution in [1.29, 1.82) is 0 Å². The highest BCUT2D eigenvalue weighted by Gasteiger charge is 2.30. The highest BCUT2D eigenvalue weighted by Crippen LogP contribution is 2.21. The molecule has 254 valence electrons. The monoisotopic (exact) mass is 652 g/mol. The number of carbonyl (C=O) groups excluding carboxylic acids is 7. The molecule has 12 nitrogen and oxygen atoms in total. The van der Waals surface area contributed by atoms with E-state index >= 15 is 0 Å². The number of nitrogens with one attached hydrogen (secondary N) is 3. The second kappa shape index (κ2) is 19.6. The molecular formula is C35H46N4O8. The lowest BCUT2D eigenvalue weighted by Crippen LogP contribution is -2.45. The molecule has 0 aliphatic heterocycles. The molecule has 0 heterocycles. The normalized spacial score (nSPS) is 13.3. The molecule has 2 aromatic rings. The number of ketones is 3. The summed E-state index contributed by atoms with van der Waals surface area (Å²) in [6.45, 7) is 4.95. The van der Waals surface area contributed by atoms with Gasteiger partial charge in [-0.1, -0.05) is 55.8 Å². The van der Waals surface area contributed by atoms with E-state index in [0.717, 1.165) is 5.56 Å². The fourth-order valence-electron chi connectivity index (χ4n) is 4.93. The quantitative estimate of drug-likeness (QED) is 0.0936. The van der Waals surface area contributed by atoms with E-state index in [1.54, 1.807) is 62.4 Å². The average Bonchev–Trinajstić information content (AvgIpc) is 3.05. The minimum absolute atomic E-state index is 0.0301. The van der Waals surface area contributed by atoms with Gasteiger partial charge in [-0.05, 0) is 56.7 Å². The van der Waals surface area contributed by atoms with Crippen molar-refractivity contribution in [2.24, 2.45) is 23.5 Å². The van der Waals surface area contributed by atoms with Crippen molar-refractivity contribution in [3.63, 3.8) is 0 Å². The summed E-state index contributed by atoms with van der Waals surface area (Å²) >= 11 is 0. The molecule has 4 amide bonds. The molecule has 0 saturated heterocycles. The van der Waals surface area contributed by atoms with Gasteiger partial charge in [-0.3, -0.25) is 28.8 Å². The summed E-state index contributed by atoms with van der Waals surface area (Å²) in [5.41, 5.74) is 7.58. The van der Waals surface area contributed by atoms with E-state index in [1.807, 2.05) is 6.92 Å². The number of nitrogens with two attached hydrogens (primary N) is 1. The Kier molecular flexibility index (Phi) is 14.6. The van der Waals surface area contributed by atoms with Crippen LogP contribution in [-0.2, 0) is 35.3 Å². The zero-order chi connectivity index (χ0) is 36.5. The van der Waals surface area contributed by atoms with Crippen LogP contribution in [0.15, 0.2) is 48.5 Å². The first-order chi connectivity index (χ1) is 23.2. The SMILES string of the molecule is [2H]CC(=O)[C@H](CCC(=O)N[C@H](C(=O)C[C@@H](CCCNC(N)=O)C(=O)Nc1ccc(COC([2H])=O)cc1)C(C)C)CC(=O)c1ccc(C)cc1. The molecule has 5 N–H and O–H groups in total. The van der Waals surface area contributed by atoms with E-state index in [2.05, 4.69) is 20.7 Å². The van der Waals surface area contributed by atoms with Gasteiger partial charge in [0.25, 0.3) is 6.45 Å². The maximum absolute atomic E-state index is 13.6. The van der Waals surface area contributed by atoms with Crippen LogP contribution in [0.4, 0.5) is 10.5 Å². The van der Waals surface area contributed by atoms with Crippen LogP contribution in [0.5, 0.6) is 0 Å². The van der Waals surface area contributed by atoms with Gasteiger partial charge in [0, 0.05) is 50.3 Å². The average molecular weight is 653 g/mol. The Morgan fingerprint density at radius 2 is 1.64 bits per heavy atom. The molecule has 47 heavy (non-hydrogen) atoms. The lowest BCUT2D eigenvalue weighted by Gasteiger charge is -2.24. The number of amides is 4. The third-order valence-corrected chi connectivity index (χ3v) is 7.68. The number of hydrogen-bond donors (Lipinski definition) is 4. The summed E-state index contributed by atoms with van der Waals surface area (Å²) < 4.78 is 19.0. The predicted octanol–water partition coefficient (Wildman–Crippen LogP) is 4.03. The van der Waals surface area contributed by atoms with Crippen molar-refractivity contribution < 1.29 is 41.0 Å².